The van der Waals surface area contributed by atoms with Gasteiger partial charge >= 0.3 is 6.09 Å². The summed E-state index contributed by atoms with van der Waals surface area (Å²) in [5.74, 6) is 0.731. The summed E-state index contributed by atoms with van der Waals surface area (Å²) in [6, 6.07) is 0.0421. The van der Waals surface area contributed by atoms with Crippen LogP contribution in [-0.4, -0.2) is 58.7 Å². The van der Waals surface area contributed by atoms with Gasteiger partial charge in [0.05, 0.1) is 6.61 Å². The fourth-order valence-corrected chi connectivity index (χ4v) is 4.57. The Labute approximate surface area is 188 Å². The van der Waals surface area contributed by atoms with Gasteiger partial charge in [-0.15, -0.1) is 0 Å². The van der Waals surface area contributed by atoms with Gasteiger partial charge in [-0.25, -0.2) is 4.79 Å². The van der Waals surface area contributed by atoms with Crippen LogP contribution in [0.4, 0.5) is 4.79 Å². The number of carbonyl (C=O) groups excluding carboxylic acids is 3. The zero-order valence-electron chi connectivity index (χ0n) is 19.2. The van der Waals surface area contributed by atoms with Crippen LogP contribution in [0.25, 0.3) is 0 Å². The standard InChI is InChI=1S/C22H35N5O5/c1-3-31-21(30)27-14-10-17(11-15-27)23-18(29)8-9-19-24-20(26-32-19)22(25-16(2)28)12-6-4-5-7-13-22/h17H,3-15H2,1-2H3,(H,23,29)(H,25,28). The number of piperidine rings is 1. The Morgan fingerprint density at radius 1 is 1.16 bits per heavy atom. The lowest BCUT2D eigenvalue weighted by molar-refractivity contribution is -0.122. The third-order valence-corrected chi connectivity index (χ3v) is 6.22. The van der Waals surface area contributed by atoms with Crippen LogP contribution in [-0.2, 0) is 26.3 Å². The maximum absolute atomic E-state index is 12.4. The van der Waals surface area contributed by atoms with Crippen molar-refractivity contribution in [2.75, 3.05) is 19.7 Å². The smallest absolute Gasteiger partial charge is 0.409 e. The highest BCUT2D eigenvalue weighted by molar-refractivity contribution is 5.76. The fraction of sp³-hybridized carbons (Fsp3) is 0.773. The number of ether oxygens (including phenoxy) is 1. The van der Waals surface area contributed by atoms with Crippen molar-refractivity contribution in [2.45, 2.75) is 89.6 Å². The summed E-state index contributed by atoms with van der Waals surface area (Å²) in [7, 11) is 0. The van der Waals surface area contributed by atoms with Crippen LogP contribution in [0.2, 0.25) is 0 Å². The topological polar surface area (TPSA) is 127 Å². The maximum Gasteiger partial charge on any atom is 0.409 e. The molecule has 0 spiro atoms. The molecule has 1 saturated heterocycles. The number of rotatable bonds is 7. The monoisotopic (exact) mass is 449 g/mol. The molecule has 1 aromatic heterocycles. The highest BCUT2D eigenvalue weighted by atomic mass is 16.6. The van der Waals surface area contributed by atoms with E-state index in [4.69, 9.17) is 9.26 Å². The highest BCUT2D eigenvalue weighted by Gasteiger charge is 2.38. The molecule has 1 saturated carbocycles. The Bertz CT molecular complexity index is 779. The van der Waals surface area contributed by atoms with Gasteiger partial charge in [0, 0.05) is 38.9 Å². The van der Waals surface area contributed by atoms with Crippen LogP contribution in [0.1, 0.15) is 83.3 Å². The van der Waals surface area contributed by atoms with Crippen LogP contribution in [0, 0.1) is 0 Å². The summed E-state index contributed by atoms with van der Waals surface area (Å²) in [6.07, 6.45) is 7.54. The van der Waals surface area contributed by atoms with E-state index in [-0.39, 0.29) is 30.4 Å². The van der Waals surface area contributed by atoms with Gasteiger partial charge in [-0.2, -0.15) is 4.98 Å². The molecule has 32 heavy (non-hydrogen) atoms. The zero-order valence-corrected chi connectivity index (χ0v) is 19.2. The normalized spacial score (nSPS) is 19.1. The molecular weight excluding hydrogens is 414 g/mol. The van der Waals surface area contributed by atoms with Gasteiger partial charge in [-0.3, -0.25) is 9.59 Å². The van der Waals surface area contributed by atoms with Crippen LogP contribution in [0.5, 0.6) is 0 Å². The lowest BCUT2D eigenvalue weighted by atomic mass is 9.89. The molecule has 1 aromatic rings. The number of amides is 3. The minimum atomic E-state index is -0.584. The van der Waals surface area contributed by atoms with Crippen molar-refractivity contribution < 1.29 is 23.6 Å². The van der Waals surface area contributed by atoms with E-state index in [9.17, 15) is 14.4 Å². The van der Waals surface area contributed by atoms with Crippen molar-refractivity contribution in [3.63, 3.8) is 0 Å². The second kappa shape index (κ2) is 11.3. The molecule has 0 radical (unpaired) electrons. The fourth-order valence-electron chi connectivity index (χ4n) is 4.57. The quantitative estimate of drug-likeness (QED) is 0.612. The molecule has 10 heteroatoms. The zero-order chi connectivity index (χ0) is 23.0. The number of hydrogen-bond acceptors (Lipinski definition) is 7. The Morgan fingerprint density at radius 2 is 1.84 bits per heavy atom. The number of hydrogen-bond donors (Lipinski definition) is 2. The lowest BCUT2D eigenvalue weighted by Gasteiger charge is -2.31. The molecule has 0 bridgehead atoms. The van der Waals surface area contributed by atoms with Gasteiger partial charge in [0.25, 0.3) is 0 Å². The first-order valence-corrected chi connectivity index (χ1v) is 11.7. The van der Waals surface area contributed by atoms with E-state index in [1.54, 1.807) is 11.8 Å². The van der Waals surface area contributed by atoms with Crippen molar-refractivity contribution >= 4 is 17.9 Å². The van der Waals surface area contributed by atoms with Gasteiger partial charge in [0.2, 0.25) is 17.7 Å². The SMILES string of the molecule is CCOC(=O)N1CCC(NC(=O)CCc2nc(C3(NC(C)=O)CCCCCC3)no2)CC1. The average molecular weight is 450 g/mol. The van der Waals surface area contributed by atoms with Gasteiger partial charge in [-0.05, 0) is 32.6 Å². The molecule has 3 amide bonds. The Hall–Kier alpha value is -2.65. The molecule has 2 heterocycles. The Kier molecular flexibility index (Phi) is 8.46. The number of nitrogens with zero attached hydrogens (tertiary/aromatic N) is 3. The Morgan fingerprint density at radius 3 is 2.47 bits per heavy atom. The minimum absolute atomic E-state index is 0.0421. The first-order chi connectivity index (χ1) is 15.4. The van der Waals surface area contributed by atoms with Crippen LogP contribution >= 0.6 is 0 Å². The highest BCUT2D eigenvalue weighted by Crippen LogP contribution is 2.34. The third-order valence-electron chi connectivity index (χ3n) is 6.22. The number of aromatic nitrogens is 2. The molecule has 3 rings (SSSR count). The first kappa shape index (κ1) is 24.0. The lowest BCUT2D eigenvalue weighted by Crippen LogP contribution is -2.46. The van der Waals surface area contributed by atoms with E-state index >= 15 is 0 Å². The molecule has 2 N–H and O–H groups in total. The van der Waals surface area contributed by atoms with Gasteiger partial charge in [0.1, 0.15) is 5.54 Å². The van der Waals surface area contributed by atoms with Crippen molar-refractivity contribution in [2.24, 2.45) is 0 Å². The first-order valence-electron chi connectivity index (χ1n) is 11.7. The molecule has 0 atom stereocenters. The molecule has 2 fully saturated rings. The molecule has 178 valence electrons. The second-order valence-corrected chi connectivity index (χ2v) is 8.72. The summed E-state index contributed by atoms with van der Waals surface area (Å²) in [5.41, 5.74) is -0.584. The summed E-state index contributed by atoms with van der Waals surface area (Å²) < 4.78 is 10.4. The van der Waals surface area contributed by atoms with Crippen molar-refractivity contribution in [1.29, 1.82) is 0 Å². The van der Waals surface area contributed by atoms with Crippen LogP contribution in [0.15, 0.2) is 4.52 Å². The predicted octanol–water partition coefficient (Wildman–Crippen LogP) is 2.42. The van der Waals surface area contributed by atoms with Crippen LogP contribution < -0.4 is 10.6 Å². The summed E-state index contributed by atoms with van der Waals surface area (Å²) in [6.45, 7) is 4.80. The van der Waals surface area contributed by atoms with Crippen molar-refractivity contribution in [1.82, 2.24) is 25.7 Å². The summed E-state index contributed by atoms with van der Waals surface area (Å²) in [5, 5.41) is 10.2. The number of aryl methyl sites for hydroxylation is 1. The molecule has 0 aromatic carbocycles. The van der Waals surface area contributed by atoms with Gasteiger partial charge < -0.3 is 24.8 Å². The van der Waals surface area contributed by atoms with E-state index < -0.39 is 5.54 Å². The van der Waals surface area contributed by atoms with E-state index in [0.29, 0.717) is 50.7 Å². The molecular formula is C22H35N5O5. The Balaban J connectivity index is 1.49. The average Bonchev–Trinajstić information content (AvgIpc) is 3.13. The van der Waals surface area contributed by atoms with Crippen LogP contribution in [0.3, 0.4) is 0 Å². The van der Waals surface area contributed by atoms with Gasteiger partial charge in [-0.1, -0.05) is 30.8 Å². The number of likely N-dealkylation sites (tertiary alicyclic amines) is 1. The van der Waals surface area contributed by atoms with Gasteiger partial charge in [0.15, 0.2) is 5.82 Å². The van der Waals surface area contributed by atoms with E-state index in [0.717, 1.165) is 38.5 Å². The van der Waals surface area contributed by atoms with E-state index in [1.165, 1.54) is 6.92 Å². The third kappa shape index (κ3) is 6.43. The largest absolute Gasteiger partial charge is 0.450 e. The van der Waals surface area contributed by atoms with E-state index in [1.807, 2.05) is 0 Å². The van der Waals surface area contributed by atoms with E-state index in [2.05, 4.69) is 20.8 Å². The summed E-state index contributed by atoms with van der Waals surface area (Å²) >= 11 is 0. The molecule has 1 aliphatic carbocycles. The molecule has 10 nitrogen and oxygen atoms in total. The molecule has 1 aliphatic heterocycles. The van der Waals surface area contributed by atoms with Crippen molar-refractivity contribution in [3.05, 3.63) is 11.7 Å². The summed E-state index contributed by atoms with van der Waals surface area (Å²) in [4.78, 5) is 42.2. The maximum atomic E-state index is 12.4. The number of nitrogens with one attached hydrogen (secondary N) is 2. The molecule has 0 unspecified atom stereocenters. The second-order valence-electron chi connectivity index (χ2n) is 8.72. The molecule has 2 aliphatic rings. The minimum Gasteiger partial charge on any atom is -0.450 e. The number of carbonyl (C=O) groups is 3. The predicted molar refractivity (Wildman–Crippen MR) is 116 cm³/mol. The van der Waals surface area contributed by atoms with Crippen molar-refractivity contribution in [3.8, 4) is 0 Å².